The number of hydrogen-bond acceptors (Lipinski definition) is 2. The molecule has 0 heterocycles. The van der Waals surface area contributed by atoms with Crippen LogP contribution in [0.1, 0.15) is 59.8 Å². The van der Waals surface area contributed by atoms with Gasteiger partial charge in [-0.05, 0) is 25.2 Å². The van der Waals surface area contributed by atoms with E-state index in [1.165, 1.54) is 0 Å². The van der Waals surface area contributed by atoms with Crippen molar-refractivity contribution in [3.63, 3.8) is 0 Å². The first-order chi connectivity index (χ1) is 8.04. The van der Waals surface area contributed by atoms with E-state index in [1.807, 2.05) is 0 Å². The summed E-state index contributed by atoms with van der Waals surface area (Å²) < 4.78 is 0. The third-order valence-corrected chi connectivity index (χ3v) is 3.09. The Balaban J connectivity index is 4.16. The fourth-order valence-electron chi connectivity index (χ4n) is 2.04. The van der Waals surface area contributed by atoms with Gasteiger partial charge in [0.15, 0.2) is 0 Å². The van der Waals surface area contributed by atoms with Crippen LogP contribution < -0.4 is 5.32 Å². The number of unbranched alkanes of at least 4 members (excludes halogenated alkanes) is 1. The van der Waals surface area contributed by atoms with Crippen LogP contribution in [0.4, 0.5) is 0 Å². The molecule has 0 aliphatic rings. The molecule has 0 aromatic carbocycles. The molecular weight excluding hydrogens is 214 g/mol. The Bertz CT molecular complexity index is 204. The molecule has 2 unspecified atom stereocenters. The standard InChI is InChI=1S/C14H29NO2/c1-5-7-8-12(6-2)14(17)15-13(10-16)9-11(3)4/h11-13,16H,5-10H2,1-4H3,(H,15,17). The topological polar surface area (TPSA) is 49.3 Å². The summed E-state index contributed by atoms with van der Waals surface area (Å²) in [6.45, 7) is 8.43. The van der Waals surface area contributed by atoms with Gasteiger partial charge in [-0.1, -0.05) is 40.5 Å². The summed E-state index contributed by atoms with van der Waals surface area (Å²) in [5, 5.41) is 12.2. The summed E-state index contributed by atoms with van der Waals surface area (Å²) in [4.78, 5) is 12.0. The lowest BCUT2D eigenvalue weighted by atomic mass is 9.97. The molecule has 0 aliphatic carbocycles. The maximum atomic E-state index is 12.0. The number of rotatable bonds is 9. The fourth-order valence-corrected chi connectivity index (χ4v) is 2.04. The number of carbonyl (C=O) groups is 1. The first kappa shape index (κ1) is 16.4. The highest BCUT2D eigenvalue weighted by molar-refractivity contribution is 5.78. The quantitative estimate of drug-likeness (QED) is 0.654. The minimum absolute atomic E-state index is 0.0358. The Morgan fingerprint density at radius 1 is 1.29 bits per heavy atom. The van der Waals surface area contributed by atoms with Crippen molar-refractivity contribution >= 4 is 5.91 Å². The summed E-state index contributed by atoms with van der Waals surface area (Å²) in [6.07, 6.45) is 4.90. The van der Waals surface area contributed by atoms with Crippen LogP contribution in [0, 0.1) is 11.8 Å². The fraction of sp³-hybridized carbons (Fsp3) is 0.929. The van der Waals surface area contributed by atoms with Crippen molar-refractivity contribution in [2.75, 3.05) is 6.61 Å². The summed E-state index contributed by atoms with van der Waals surface area (Å²) >= 11 is 0. The average molecular weight is 243 g/mol. The second-order valence-corrected chi connectivity index (χ2v) is 5.27. The minimum Gasteiger partial charge on any atom is -0.394 e. The normalized spacial score (nSPS) is 14.7. The average Bonchev–Trinajstić information content (AvgIpc) is 2.28. The third kappa shape index (κ3) is 7.37. The van der Waals surface area contributed by atoms with Gasteiger partial charge in [0.25, 0.3) is 0 Å². The number of amides is 1. The largest absolute Gasteiger partial charge is 0.394 e. The molecule has 0 aromatic rings. The van der Waals surface area contributed by atoms with Crippen LogP contribution in [0.15, 0.2) is 0 Å². The molecule has 2 N–H and O–H groups in total. The Morgan fingerprint density at radius 3 is 2.35 bits per heavy atom. The molecular formula is C14H29NO2. The van der Waals surface area contributed by atoms with Crippen LogP contribution in [-0.4, -0.2) is 23.7 Å². The second kappa shape index (κ2) is 9.46. The van der Waals surface area contributed by atoms with Crippen molar-refractivity contribution in [2.45, 2.75) is 65.8 Å². The molecule has 17 heavy (non-hydrogen) atoms. The van der Waals surface area contributed by atoms with Gasteiger partial charge in [-0.3, -0.25) is 4.79 Å². The zero-order valence-electron chi connectivity index (χ0n) is 11.8. The van der Waals surface area contributed by atoms with Crippen LogP contribution in [0.25, 0.3) is 0 Å². The molecule has 0 rings (SSSR count). The summed E-state index contributed by atoms with van der Waals surface area (Å²) in [6, 6.07) is -0.0850. The molecule has 3 heteroatoms. The summed E-state index contributed by atoms with van der Waals surface area (Å²) in [5.41, 5.74) is 0. The molecule has 0 saturated heterocycles. The van der Waals surface area contributed by atoms with E-state index in [1.54, 1.807) is 0 Å². The van der Waals surface area contributed by atoms with Crippen molar-refractivity contribution in [2.24, 2.45) is 11.8 Å². The maximum absolute atomic E-state index is 12.0. The highest BCUT2D eigenvalue weighted by Crippen LogP contribution is 2.14. The van der Waals surface area contributed by atoms with Gasteiger partial charge in [-0.25, -0.2) is 0 Å². The number of nitrogens with one attached hydrogen (secondary N) is 1. The van der Waals surface area contributed by atoms with Gasteiger partial charge in [-0.2, -0.15) is 0 Å². The van der Waals surface area contributed by atoms with E-state index in [0.29, 0.717) is 5.92 Å². The molecule has 102 valence electrons. The number of hydrogen-bond donors (Lipinski definition) is 2. The molecule has 0 fully saturated rings. The van der Waals surface area contributed by atoms with Gasteiger partial charge < -0.3 is 10.4 Å². The number of aliphatic hydroxyl groups excluding tert-OH is 1. The van der Waals surface area contributed by atoms with E-state index in [-0.39, 0.29) is 24.5 Å². The lowest BCUT2D eigenvalue weighted by Gasteiger charge is -2.22. The Labute approximate surface area is 106 Å². The Kier molecular flexibility index (Phi) is 9.14. The van der Waals surface area contributed by atoms with Gasteiger partial charge in [0.1, 0.15) is 0 Å². The molecule has 0 radical (unpaired) electrons. The molecule has 2 atom stereocenters. The van der Waals surface area contributed by atoms with E-state index in [0.717, 1.165) is 32.1 Å². The van der Waals surface area contributed by atoms with E-state index >= 15 is 0 Å². The highest BCUT2D eigenvalue weighted by atomic mass is 16.3. The summed E-state index contributed by atoms with van der Waals surface area (Å²) in [7, 11) is 0. The molecule has 0 spiro atoms. The second-order valence-electron chi connectivity index (χ2n) is 5.27. The van der Waals surface area contributed by atoms with E-state index < -0.39 is 0 Å². The van der Waals surface area contributed by atoms with E-state index in [2.05, 4.69) is 33.0 Å². The smallest absolute Gasteiger partial charge is 0.223 e. The van der Waals surface area contributed by atoms with Crippen molar-refractivity contribution in [1.82, 2.24) is 5.32 Å². The van der Waals surface area contributed by atoms with Gasteiger partial charge in [0, 0.05) is 5.92 Å². The molecule has 0 bridgehead atoms. The molecule has 1 amide bonds. The predicted molar refractivity (Wildman–Crippen MR) is 71.8 cm³/mol. The summed E-state index contributed by atoms with van der Waals surface area (Å²) in [5.74, 6) is 0.708. The van der Waals surface area contributed by atoms with Crippen LogP contribution in [0.5, 0.6) is 0 Å². The van der Waals surface area contributed by atoms with Crippen molar-refractivity contribution < 1.29 is 9.90 Å². The van der Waals surface area contributed by atoms with Crippen molar-refractivity contribution in [3.8, 4) is 0 Å². The monoisotopic (exact) mass is 243 g/mol. The molecule has 0 aliphatic heterocycles. The van der Waals surface area contributed by atoms with Crippen molar-refractivity contribution in [1.29, 1.82) is 0 Å². The number of carbonyl (C=O) groups excluding carboxylic acids is 1. The molecule has 0 aromatic heterocycles. The van der Waals surface area contributed by atoms with Crippen LogP contribution in [0.2, 0.25) is 0 Å². The van der Waals surface area contributed by atoms with Crippen LogP contribution in [-0.2, 0) is 4.79 Å². The van der Waals surface area contributed by atoms with Gasteiger partial charge >= 0.3 is 0 Å². The zero-order valence-corrected chi connectivity index (χ0v) is 11.8. The number of aliphatic hydroxyl groups is 1. The first-order valence-corrected chi connectivity index (χ1v) is 6.96. The zero-order chi connectivity index (χ0) is 13.3. The van der Waals surface area contributed by atoms with Crippen LogP contribution >= 0.6 is 0 Å². The Morgan fingerprint density at radius 2 is 1.94 bits per heavy atom. The first-order valence-electron chi connectivity index (χ1n) is 6.96. The molecule has 0 saturated carbocycles. The maximum Gasteiger partial charge on any atom is 0.223 e. The van der Waals surface area contributed by atoms with Crippen LogP contribution in [0.3, 0.4) is 0 Å². The van der Waals surface area contributed by atoms with Gasteiger partial charge in [0.05, 0.1) is 12.6 Å². The third-order valence-electron chi connectivity index (χ3n) is 3.09. The van der Waals surface area contributed by atoms with Gasteiger partial charge in [0.2, 0.25) is 5.91 Å². The predicted octanol–water partition coefficient (Wildman–Crippen LogP) is 2.73. The highest BCUT2D eigenvalue weighted by Gasteiger charge is 2.19. The van der Waals surface area contributed by atoms with Gasteiger partial charge in [-0.15, -0.1) is 0 Å². The van der Waals surface area contributed by atoms with Crippen molar-refractivity contribution in [3.05, 3.63) is 0 Å². The Hall–Kier alpha value is -0.570. The lowest BCUT2D eigenvalue weighted by Crippen LogP contribution is -2.41. The molecule has 3 nitrogen and oxygen atoms in total. The van der Waals surface area contributed by atoms with E-state index in [4.69, 9.17) is 0 Å². The lowest BCUT2D eigenvalue weighted by molar-refractivity contribution is -0.126. The SMILES string of the molecule is CCCCC(CC)C(=O)NC(CO)CC(C)C. The van der Waals surface area contributed by atoms with E-state index in [9.17, 15) is 9.90 Å². The minimum atomic E-state index is -0.0850.